The molecular formula is C14H23N5O3S. The van der Waals surface area contributed by atoms with Crippen molar-refractivity contribution in [3.63, 3.8) is 0 Å². The molecule has 128 valence electrons. The van der Waals surface area contributed by atoms with Gasteiger partial charge in [0, 0.05) is 45.7 Å². The summed E-state index contributed by atoms with van der Waals surface area (Å²) in [4.78, 5) is 8.05. The molecule has 0 amide bonds. The zero-order chi connectivity index (χ0) is 16.5. The van der Waals surface area contributed by atoms with Gasteiger partial charge in [0.25, 0.3) is 0 Å². The van der Waals surface area contributed by atoms with Gasteiger partial charge in [0.2, 0.25) is 10.0 Å². The van der Waals surface area contributed by atoms with Gasteiger partial charge in [-0.15, -0.1) is 0 Å². The van der Waals surface area contributed by atoms with Gasteiger partial charge in [-0.3, -0.25) is 9.98 Å². The first-order valence-corrected chi connectivity index (χ1v) is 9.06. The summed E-state index contributed by atoms with van der Waals surface area (Å²) in [6.07, 6.45) is 5.21. The largest absolute Gasteiger partial charge is 0.376 e. The number of nitrogens with one attached hydrogen (secondary N) is 3. The van der Waals surface area contributed by atoms with Crippen molar-refractivity contribution in [3.8, 4) is 0 Å². The second-order valence-electron chi connectivity index (χ2n) is 5.10. The maximum absolute atomic E-state index is 12.0. The molecule has 0 saturated carbocycles. The number of hydrogen-bond donors (Lipinski definition) is 3. The van der Waals surface area contributed by atoms with Crippen molar-refractivity contribution >= 4 is 16.0 Å². The third kappa shape index (κ3) is 5.77. The topological polar surface area (TPSA) is 105 Å². The lowest BCUT2D eigenvalue weighted by atomic mass is 10.2. The third-order valence-corrected chi connectivity index (χ3v) is 4.85. The summed E-state index contributed by atoms with van der Waals surface area (Å²) in [5.41, 5.74) is 0. The van der Waals surface area contributed by atoms with E-state index in [1.165, 1.54) is 18.5 Å². The molecule has 1 aromatic rings. The van der Waals surface area contributed by atoms with E-state index < -0.39 is 10.0 Å². The second-order valence-corrected chi connectivity index (χ2v) is 6.87. The predicted molar refractivity (Wildman–Crippen MR) is 87.8 cm³/mol. The molecule has 1 unspecified atom stereocenters. The summed E-state index contributed by atoms with van der Waals surface area (Å²) in [7, 11) is -1.85. The van der Waals surface area contributed by atoms with Gasteiger partial charge in [-0.25, -0.2) is 13.1 Å². The summed E-state index contributed by atoms with van der Waals surface area (Å²) < 4.78 is 32.0. The molecule has 8 nitrogen and oxygen atoms in total. The lowest BCUT2D eigenvalue weighted by molar-refractivity contribution is 0.114. The van der Waals surface area contributed by atoms with Crippen LogP contribution in [0.5, 0.6) is 0 Å². The van der Waals surface area contributed by atoms with Crippen LogP contribution in [-0.4, -0.2) is 58.8 Å². The van der Waals surface area contributed by atoms with Crippen LogP contribution in [0, 0.1) is 0 Å². The van der Waals surface area contributed by atoms with Gasteiger partial charge in [0.1, 0.15) is 4.90 Å². The summed E-state index contributed by atoms with van der Waals surface area (Å²) in [5, 5.41) is 6.23. The van der Waals surface area contributed by atoms with Crippen LogP contribution < -0.4 is 15.4 Å². The van der Waals surface area contributed by atoms with Crippen LogP contribution in [0.25, 0.3) is 0 Å². The quantitative estimate of drug-likeness (QED) is 0.357. The maximum atomic E-state index is 12.0. The Morgan fingerprint density at radius 3 is 2.96 bits per heavy atom. The van der Waals surface area contributed by atoms with E-state index in [0.29, 0.717) is 19.0 Å². The van der Waals surface area contributed by atoms with Crippen LogP contribution in [0.4, 0.5) is 0 Å². The molecule has 0 aliphatic carbocycles. The number of sulfonamides is 1. The Bertz CT molecular complexity index is 600. The highest BCUT2D eigenvalue weighted by atomic mass is 32.2. The molecule has 0 radical (unpaired) electrons. The van der Waals surface area contributed by atoms with Crippen LogP contribution >= 0.6 is 0 Å². The molecule has 0 spiro atoms. The van der Waals surface area contributed by atoms with Gasteiger partial charge < -0.3 is 15.4 Å². The summed E-state index contributed by atoms with van der Waals surface area (Å²) in [6.45, 7) is 2.18. The first kappa shape index (κ1) is 17.6. The van der Waals surface area contributed by atoms with E-state index in [2.05, 4.69) is 25.3 Å². The summed E-state index contributed by atoms with van der Waals surface area (Å²) in [6, 6.07) is 3.09. The lowest BCUT2D eigenvalue weighted by Crippen LogP contribution is -2.43. The van der Waals surface area contributed by atoms with Crippen molar-refractivity contribution in [2.24, 2.45) is 4.99 Å². The standard InChI is InChI=1S/C14H23N5O3S/c1-15-14(18-10-12-4-3-9-22-12)17-7-8-19-23(20,21)13-5-2-6-16-11-13/h2,5-6,11-12,19H,3-4,7-10H2,1H3,(H2,15,17,18). The SMILES string of the molecule is CN=C(NCCNS(=O)(=O)c1cccnc1)NCC1CCCO1. The van der Waals surface area contributed by atoms with E-state index in [4.69, 9.17) is 4.74 Å². The molecular weight excluding hydrogens is 318 g/mol. The van der Waals surface area contributed by atoms with Crippen molar-refractivity contribution in [1.29, 1.82) is 0 Å². The van der Waals surface area contributed by atoms with Crippen molar-refractivity contribution in [3.05, 3.63) is 24.5 Å². The molecule has 0 aromatic carbocycles. The van der Waals surface area contributed by atoms with E-state index in [-0.39, 0.29) is 17.5 Å². The Kier molecular flexibility index (Phi) is 6.75. The van der Waals surface area contributed by atoms with Gasteiger partial charge in [-0.1, -0.05) is 0 Å². The Hall–Kier alpha value is -1.71. The van der Waals surface area contributed by atoms with E-state index in [9.17, 15) is 8.42 Å². The number of pyridine rings is 1. The van der Waals surface area contributed by atoms with Gasteiger partial charge in [0.15, 0.2) is 5.96 Å². The minimum absolute atomic E-state index is 0.154. The lowest BCUT2D eigenvalue weighted by Gasteiger charge is -2.15. The molecule has 2 rings (SSSR count). The number of nitrogens with zero attached hydrogens (tertiary/aromatic N) is 2. The Balaban J connectivity index is 1.69. The van der Waals surface area contributed by atoms with Crippen molar-refractivity contribution in [2.75, 3.05) is 33.3 Å². The van der Waals surface area contributed by atoms with Gasteiger partial charge in [-0.05, 0) is 25.0 Å². The molecule has 1 aliphatic rings. The highest BCUT2D eigenvalue weighted by Crippen LogP contribution is 2.10. The number of aromatic nitrogens is 1. The minimum Gasteiger partial charge on any atom is -0.376 e. The van der Waals surface area contributed by atoms with Crippen molar-refractivity contribution in [1.82, 2.24) is 20.3 Å². The predicted octanol–water partition coefficient (Wildman–Crippen LogP) is -0.296. The number of ether oxygens (including phenoxy) is 1. The normalized spacial score (nSPS) is 18.8. The summed E-state index contributed by atoms with van der Waals surface area (Å²) >= 11 is 0. The maximum Gasteiger partial charge on any atom is 0.242 e. The molecule has 1 fully saturated rings. The molecule has 3 N–H and O–H groups in total. The van der Waals surface area contributed by atoms with Crippen LogP contribution in [0.1, 0.15) is 12.8 Å². The molecule has 1 atom stereocenters. The summed E-state index contributed by atoms with van der Waals surface area (Å²) in [5.74, 6) is 0.626. The van der Waals surface area contributed by atoms with Gasteiger partial charge in [0.05, 0.1) is 6.10 Å². The van der Waals surface area contributed by atoms with E-state index in [1.807, 2.05) is 0 Å². The second kappa shape index (κ2) is 8.80. The fourth-order valence-electron chi connectivity index (χ4n) is 2.19. The average Bonchev–Trinajstić information content (AvgIpc) is 3.08. The number of hydrogen-bond acceptors (Lipinski definition) is 5. The minimum atomic E-state index is -3.52. The zero-order valence-electron chi connectivity index (χ0n) is 13.2. The molecule has 1 aliphatic heterocycles. The first-order valence-electron chi connectivity index (χ1n) is 7.57. The van der Waals surface area contributed by atoms with Crippen LogP contribution in [0.2, 0.25) is 0 Å². The molecule has 2 heterocycles. The van der Waals surface area contributed by atoms with E-state index >= 15 is 0 Å². The van der Waals surface area contributed by atoms with Crippen molar-refractivity contribution in [2.45, 2.75) is 23.8 Å². The number of rotatable bonds is 7. The van der Waals surface area contributed by atoms with E-state index in [1.54, 1.807) is 13.1 Å². The van der Waals surface area contributed by atoms with Crippen LogP contribution in [-0.2, 0) is 14.8 Å². The Morgan fingerprint density at radius 2 is 2.30 bits per heavy atom. The zero-order valence-corrected chi connectivity index (χ0v) is 14.0. The molecule has 9 heteroatoms. The molecule has 1 saturated heterocycles. The molecule has 0 bridgehead atoms. The molecule has 23 heavy (non-hydrogen) atoms. The number of guanidine groups is 1. The van der Waals surface area contributed by atoms with Crippen LogP contribution in [0.15, 0.2) is 34.4 Å². The van der Waals surface area contributed by atoms with Gasteiger partial charge >= 0.3 is 0 Å². The number of aliphatic imine (C=N–C) groups is 1. The Labute approximate surface area is 136 Å². The highest BCUT2D eigenvalue weighted by molar-refractivity contribution is 7.89. The molecule has 1 aromatic heterocycles. The first-order chi connectivity index (χ1) is 11.1. The third-order valence-electron chi connectivity index (χ3n) is 3.40. The van der Waals surface area contributed by atoms with E-state index in [0.717, 1.165) is 19.4 Å². The van der Waals surface area contributed by atoms with Crippen molar-refractivity contribution < 1.29 is 13.2 Å². The fourth-order valence-corrected chi connectivity index (χ4v) is 3.19. The fraction of sp³-hybridized carbons (Fsp3) is 0.571. The Morgan fingerprint density at radius 1 is 1.43 bits per heavy atom. The van der Waals surface area contributed by atoms with Crippen LogP contribution in [0.3, 0.4) is 0 Å². The smallest absolute Gasteiger partial charge is 0.242 e. The monoisotopic (exact) mass is 341 g/mol. The highest BCUT2D eigenvalue weighted by Gasteiger charge is 2.16. The average molecular weight is 341 g/mol. The van der Waals surface area contributed by atoms with Gasteiger partial charge in [-0.2, -0.15) is 0 Å².